The lowest BCUT2D eigenvalue weighted by Gasteiger charge is -2.06. The van der Waals surface area contributed by atoms with Crippen LogP contribution in [0.5, 0.6) is 0 Å². The standard InChI is InChI=1S/C11H14N2S/c1-4-9-8-5-6-14-11(8)13-10(12-9)7(2)3/h5-7H,4H2,1-3H3. The molecule has 0 spiro atoms. The highest BCUT2D eigenvalue weighted by Crippen LogP contribution is 2.23. The van der Waals surface area contributed by atoms with Crippen LogP contribution in [0, 0.1) is 0 Å². The molecule has 0 aliphatic carbocycles. The minimum atomic E-state index is 0.409. The molecule has 0 saturated heterocycles. The van der Waals surface area contributed by atoms with E-state index in [0.29, 0.717) is 5.92 Å². The molecule has 0 atom stereocenters. The number of fused-ring (bicyclic) bond motifs is 1. The van der Waals surface area contributed by atoms with Crippen molar-refractivity contribution in [2.24, 2.45) is 0 Å². The fraction of sp³-hybridized carbons (Fsp3) is 0.455. The van der Waals surface area contributed by atoms with Gasteiger partial charge >= 0.3 is 0 Å². The van der Waals surface area contributed by atoms with Crippen molar-refractivity contribution >= 4 is 21.6 Å². The molecule has 74 valence electrons. The van der Waals surface area contributed by atoms with Gasteiger partial charge in [0, 0.05) is 11.3 Å². The number of rotatable bonds is 2. The van der Waals surface area contributed by atoms with Crippen molar-refractivity contribution in [2.75, 3.05) is 0 Å². The summed E-state index contributed by atoms with van der Waals surface area (Å²) in [6, 6.07) is 2.11. The van der Waals surface area contributed by atoms with E-state index in [1.165, 1.54) is 11.1 Å². The Labute approximate surface area is 88.0 Å². The zero-order chi connectivity index (χ0) is 10.1. The number of thiophene rings is 1. The summed E-state index contributed by atoms with van der Waals surface area (Å²) in [5.74, 6) is 1.38. The number of aryl methyl sites for hydroxylation is 1. The second-order valence-corrected chi connectivity index (χ2v) is 4.57. The lowest BCUT2D eigenvalue weighted by atomic mass is 10.2. The molecule has 3 heteroatoms. The van der Waals surface area contributed by atoms with E-state index in [1.54, 1.807) is 11.3 Å². The van der Waals surface area contributed by atoms with Crippen molar-refractivity contribution in [1.29, 1.82) is 0 Å². The molecular formula is C11H14N2S. The van der Waals surface area contributed by atoms with Crippen LogP contribution in [0.25, 0.3) is 10.2 Å². The molecule has 0 radical (unpaired) electrons. The van der Waals surface area contributed by atoms with E-state index in [4.69, 9.17) is 0 Å². The van der Waals surface area contributed by atoms with Crippen LogP contribution in [0.4, 0.5) is 0 Å². The maximum Gasteiger partial charge on any atom is 0.132 e. The van der Waals surface area contributed by atoms with Gasteiger partial charge in [-0.3, -0.25) is 0 Å². The summed E-state index contributed by atoms with van der Waals surface area (Å²) in [7, 11) is 0. The molecule has 2 nitrogen and oxygen atoms in total. The molecule has 14 heavy (non-hydrogen) atoms. The van der Waals surface area contributed by atoms with Crippen molar-refractivity contribution in [3.8, 4) is 0 Å². The van der Waals surface area contributed by atoms with Gasteiger partial charge < -0.3 is 0 Å². The van der Waals surface area contributed by atoms with Crippen LogP contribution in [0.15, 0.2) is 11.4 Å². The summed E-state index contributed by atoms with van der Waals surface area (Å²) in [6.07, 6.45) is 0.982. The maximum absolute atomic E-state index is 4.59. The Hall–Kier alpha value is -0.960. The quantitative estimate of drug-likeness (QED) is 0.752. The minimum Gasteiger partial charge on any atom is -0.237 e. The van der Waals surface area contributed by atoms with Gasteiger partial charge in [-0.25, -0.2) is 9.97 Å². The average molecular weight is 206 g/mol. The van der Waals surface area contributed by atoms with Crippen molar-refractivity contribution in [3.05, 3.63) is 23.0 Å². The summed E-state index contributed by atoms with van der Waals surface area (Å²) in [5, 5.41) is 3.31. The molecule has 0 unspecified atom stereocenters. The lowest BCUT2D eigenvalue weighted by molar-refractivity contribution is 0.771. The molecule has 2 aromatic heterocycles. The fourth-order valence-electron chi connectivity index (χ4n) is 1.46. The van der Waals surface area contributed by atoms with Crippen LogP contribution < -0.4 is 0 Å². The molecule has 2 rings (SSSR count). The molecule has 0 aromatic carbocycles. The topological polar surface area (TPSA) is 25.8 Å². The SMILES string of the molecule is CCc1nc(C(C)C)nc2sccc12. The third-order valence-electron chi connectivity index (χ3n) is 2.27. The Balaban J connectivity index is 2.67. The highest BCUT2D eigenvalue weighted by molar-refractivity contribution is 7.16. The van der Waals surface area contributed by atoms with Crippen LogP contribution in [-0.2, 0) is 6.42 Å². The summed E-state index contributed by atoms with van der Waals surface area (Å²) in [6.45, 7) is 6.41. The van der Waals surface area contributed by atoms with Gasteiger partial charge in [0.15, 0.2) is 0 Å². The third-order valence-corrected chi connectivity index (χ3v) is 3.08. The Morgan fingerprint density at radius 3 is 2.79 bits per heavy atom. The van der Waals surface area contributed by atoms with Crippen LogP contribution in [0.3, 0.4) is 0 Å². The molecule has 0 saturated carbocycles. The first-order valence-corrected chi connectivity index (χ1v) is 5.84. The molecule has 0 bridgehead atoms. The fourth-order valence-corrected chi connectivity index (χ4v) is 2.25. The van der Waals surface area contributed by atoms with E-state index >= 15 is 0 Å². The second kappa shape index (κ2) is 3.65. The number of hydrogen-bond donors (Lipinski definition) is 0. The van der Waals surface area contributed by atoms with Crippen LogP contribution in [-0.4, -0.2) is 9.97 Å². The Morgan fingerprint density at radius 1 is 1.36 bits per heavy atom. The van der Waals surface area contributed by atoms with Gasteiger partial charge in [0.25, 0.3) is 0 Å². The van der Waals surface area contributed by atoms with Crippen LogP contribution in [0.1, 0.15) is 38.2 Å². The average Bonchev–Trinajstić information content (AvgIpc) is 2.63. The molecule has 2 aromatic rings. The van der Waals surface area contributed by atoms with Crippen molar-refractivity contribution in [2.45, 2.75) is 33.1 Å². The molecule has 0 fully saturated rings. The number of hydrogen-bond acceptors (Lipinski definition) is 3. The molecule has 0 aliphatic heterocycles. The van der Waals surface area contributed by atoms with Gasteiger partial charge in [-0.05, 0) is 17.9 Å². The predicted molar refractivity (Wildman–Crippen MR) is 60.9 cm³/mol. The Morgan fingerprint density at radius 2 is 2.14 bits per heavy atom. The molecular weight excluding hydrogens is 192 g/mol. The molecule has 0 aliphatic rings. The maximum atomic E-state index is 4.59. The first kappa shape index (κ1) is 9.59. The highest BCUT2D eigenvalue weighted by atomic mass is 32.1. The van der Waals surface area contributed by atoms with Gasteiger partial charge in [-0.15, -0.1) is 11.3 Å². The summed E-state index contributed by atoms with van der Waals surface area (Å²) < 4.78 is 0. The smallest absolute Gasteiger partial charge is 0.132 e. The normalized spacial score (nSPS) is 11.4. The largest absolute Gasteiger partial charge is 0.237 e. The molecule has 0 amide bonds. The third kappa shape index (κ3) is 1.52. The van der Waals surface area contributed by atoms with E-state index in [-0.39, 0.29) is 0 Å². The first-order chi connectivity index (χ1) is 6.72. The Bertz CT molecular complexity index is 445. The Kier molecular flexibility index (Phi) is 2.50. The second-order valence-electron chi connectivity index (χ2n) is 3.68. The van der Waals surface area contributed by atoms with Crippen molar-refractivity contribution in [1.82, 2.24) is 9.97 Å². The first-order valence-electron chi connectivity index (χ1n) is 4.96. The van der Waals surface area contributed by atoms with Gasteiger partial charge in [-0.1, -0.05) is 20.8 Å². The van der Waals surface area contributed by atoms with Gasteiger partial charge in [-0.2, -0.15) is 0 Å². The predicted octanol–water partition coefficient (Wildman–Crippen LogP) is 3.38. The molecule has 0 N–H and O–H groups in total. The van der Waals surface area contributed by atoms with E-state index < -0.39 is 0 Å². The summed E-state index contributed by atoms with van der Waals surface area (Å²) in [5.41, 5.74) is 1.18. The zero-order valence-electron chi connectivity index (χ0n) is 8.74. The summed E-state index contributed by atoms with van der Waals surface area (Å²) >= 11 is 1.70. The monoisotopic (exact) mass is 206 g/mol. The van der Waals surface area contributed by atoms with Gasteiger partial charge in [0.2, 0.25) is 0 Å². The van der Waals surface area contributed by atoms with Crippen LogP contribution >= 0.6 is 11.3 Å². The number of aromatic nitrogens is 2. The van der Waals surface area contributed by atoms with E-state index in [2.05, 4.69) is 42.2 Å². The van der Waals surface area contributed by atoms with Crippen LogP contribution in [0.2, 0.25) is 0 Å². The lowest BCUT2D eigenvalue weighted by Crippen LogP contribution is -2.00. The molecule has 2 heterocycles. The van der Waals surface area contributed by atoms with Gasteiger partial charge in [0.1, 0.15) is 10.7 Å². The van der Waals surface area contributed by atoms with E-state index in [9.17, 15) is 0 Å². The zero-order valence-corrected chi connectivity index (χ0v) is 9.56. The van der Waals surface area contributed by atoms with Crippen molar-refractivity contribution < 1.29 is 0 Å². The van der Waals surface area contributed by atoms with E-state index in [0.717, 1.165) is 17.1 Å². The summed E-state index contributed by atoms with van der Waals surface area (Å²) in [4.78, 5) is 10.3. The highest BCUT2D eigenvalue weighted by Gasteiger charge is 2.09. The van der Waals surface area contributed by atoms with Crippen molar-refractivity contribution in [3.63, 3.8) is 0 Å². The number of nitrogens with zero attached hydrogens (tertiary/aromatic N) is 2. The minimum absolute atomic E-state index is 0.409. The van der Waals surface area contributed by atoms with E-state index in [1.807, 2.05) is 0 Å². The van der Waals surface area contributed by atoms with Gasteiger partial charge in [0.05, 0.1) is 5.69 Å².